The number of thiophene rings is 1. The van der Waals surface area contributed by atoms with E-state index in [9.17, 15) is 4.39 Å². The first-order chi connectivity index (χ1) is 7.74. The molecule has 0 spiro atoms. The SMILES string of the molecule is Fc1ccc(CNCc2csc(Br)c2)cc1. The summed E-state index contributed by atoms with van der Waals surface area (Å²) in [5, 5.41) is 5.43. The molecule has 0 aliphatic heterocycles. The maximum Gasteiger partial charge on any atom is 0.123 e. The van der Waals surface area contributed by atoms with Gasteiger partial charge in [-0.25, -0.2) is 4.39 Å². The van der Waals surface area contributed by atoms with Gasteiger partial charge in [0, 0.05) is 13.1 Å². The third-order valence-electron chi connectivity index (χ3n) is 2.19. The summed E-state index contributed by atoms with van der Waals surface area (Å²) in [4.78, 5) is 0. The quantitative estimate of drug-likeness (QED) is 0.902. The lowest BCUT2D eigenvalue weighted by molar-refractivity contribution is 0.625. The molecule has 2 rings (SSSR count). The van der Waals surface area contributed by atoms with Crippen LogP contribution in [-0.2, 0) is 13.1 Å². The highest BCUT2D eigenvalue weighted by Gasteiger charge is 1.97. The van der Waals surface area contributed by atoms with Gasteiger partial charge < -0.3 is 5.32 Å². The van der Waals surface area contributed by atoms with E-state index in [1.54, 1.807) is 23.5 Å². The second kappa shape index (κ2) is 5.57. The van der Waals surface area contributed by atoms with Gasteiger partial charge in [0.2, 0.25) is 0 Å². The van der Waals surface area contributed by atoms with Gasteiger partial charge in [0.25, 0.3) is 0 Å². The minimum atomic E-state index is -0.189. The van der Waals surface area contributed by atoms with Crippen molar-refractivity contribution in [1.82, 2.24) is 5.32 Å². The fourth-order valence-corrected chi connectivity index (χ4v) is 2.60. The van der Waals surface area contributed by atoms with Crippen molar-refractivity contribution in [2.45, 2.75) is 13.1 Å². The van der Waals surface area contributed by atoms with Crippen molar-refractivity contribution < 1.29 is 4.39 Å². The molecular formula is C12H11BrFNS. The molecule has 16 heavy (non-hydrogen) atoms. The normalized spacial score (nSPS) is 10.6. The maximum atomic E-state index is 12.7. The molecule has 0 saturated heterocycles. The molecule has 84 valence electrons. The van der Waals surface area contributed by atoms with Crippen LogP contribution in [0.25, 0.3) is 0 Å². The van der Waals surface area contributed by atoms with E-state index < -0.39 is 0 Å². The first kappa shape index (κ1) is 11.8. The van der Waals surface area contributed by atoms with Gasteiger partial charge >= 0.3 is 0 Å². The number of rotatable bonds is 4. The molecular weight excluding hydrogens is 289 g/mol. The minimum Gasteiger partial charge on any atom is -0.309 e. The molecule has 0 atom stereocenters. The molecule has 2 aromatic rings. The van der Waals surface area contributed by atoms with Crippen LogP contribution in [0.1, 0.15) is 11.1 Å². The van der Waals surface area contributed by atoms with Gasteiger partial charge in [-0.05, 0) is 50.6 Å². The Morgan fingerprint density at radius 1 is 1.12 bits per heavy atom. The minimum absolute atomic E-state index is 0.189. The van der Waals surface area contributed by atoms with E-state index in [1.165, 1.54) is 17.7 Å². The second-order valence-corrected chi connectivity index (χ2v) is 5.78. The summed E-state index contributed by atoms with van der Waals surface area (Å²) >= 11 is 5.11. The van der Waals surface area contributed by atoms with E-state index in [0.29, 0.717) is 0 Å². The van der Waals surface area contributed by atoms with E-state index in [2.05, 4.69) is 32.7 Å². The Hall–Kier alpha value is -0.710. The van der Waals surface area contributed by atoms with E-state index in [1.807, 2.05) is 0 Å². The van der Waals surface area contributed by atoms with E-state index in [0.717, 1.165) is 22.4 Å². The topological polar surface area (TPSA) is 12.0 Å². The lowest BCUT2D eigenvalue weighted by Gasteiger charge is -2.03. The van der Waals surface area contributed by atoms with Crippen LogP contribution >= 0.6 is 27.3 Å². The number of hydrogen-bond donors (Lipinski definition) is 1. The molecule has 4 heteroatoms. The van der Waals surface area contributed by atoms with Crippen LogP contribution in [0.3, 0.4) is 0 Å². The molecule has 0 aliphatic carbocycles. The highest BCUT2D eigenvalue weighted by molar-refractivity contribution is 9.11. The summed E-state index contributed by atoms with van der Waals surface area (Å²) in [5.74, 6) is -0.189. The van der Waals surface area contributed by atoms with Crippen LogP contribution in [-0.4, -0.2) is 0 Å². The molecule has 0 bridgehead atoms. The van der Waals surface area contributed by atoms with Gasteiger partial charge in [-0.1, -0.05) is 12.1 Å². The monoisotopic (exact) mass is 299 g/mol. The zero-order valence-corrected chi connectivity index (χ0v) is 10.9. The summed E-state index contributed by atoms with van der Waals surface area (Å²) in [6, 6.07) is 8.66. The molecule has 1 aromatic carbocycles. The molecule has 0 radical (unpaired) electrons. The fourth-order valence-electron chi connectivity index (χ4n) is 1.39. The molecule has 0 unspecified atom stereocenters. The van der Waals surface area contributed by atoms with Crippen LogP contribution in [0.4, 0.5) is 4.39 Å². The lowest BCUT2D eigenvalue weighted by atomic mass is 10.2. The van der Waals surface area contributed by atoms with Gasteiger partial charge in [0.05, 0.1) is 3.79 Å². The van der Waals surface area contributed by atoms with Gasteiger partial charge in [0.1, 0.15) is 5.82 Å². The molecule has 1 N–H and O–H groups in total. The standard InChI is InChI=1S/C12H11BrFNS/c13-12-5-10(8-16-12)7-15-6-9-1-3-11(14)4-2-9/h1-5,8,15H,6-7H2. The van der Waals surface area contributed by atoms with Crippen molar-refractivity contribution in [1.29, 1.82) is 0 Å². The number of hydrogen-bond acceptors (Lipinski definition) is 2. The van der Waals surface area contributed by atoms with E-state index in [4.69, 9.17) is 0 Å². The van der Waals surface area contributed by atoms with Gasteiger partial charge in [-0.15, -0.1) is 11.3 Å². The third kappa shape index (κ3) is 3.40. The van der Waals surface area contributed by atoms with Crippen molar-refractivity contribution in [3.63, 3.8) is 0 Å². The molecule has 1 heterocycles. The first-order valence-corrected chi connectivity index (χ1v) is 6.59. The number of halogens is 2. The first-order valence-electron chi connectivity index (χ1n) is 4.92. The fraction of sp³-hybridized carbons (Fsp3) is 0.167. The average Bonchev–Trinajstić information content (AvgIpc) is 2.67. The average molecular weight is 300 g/mol. The molecule has 0 saturated carbocycles. The highest BCUT2D eigenvalue weighted by Crippen LogP contribution is 2.20. The van der Waals surface area contributed by atoms with Crippen molar-refractivity contribution in [2.24, 2.45) is 0 Å². The summed E-state index contributed by atoms with van der Waals surface area (Å²) in [7, 11) is 0. The largest absolute Gasteiger partial charge is 0.309 e. The van der Waals surface area contributed by atoms with Crippen molar-refractivity contribution in [3.8, 4) is 0 Å². The Labute approximate surface area is 106 Å². The number of nitrogens with one attached hydrogen (secondary N) is 1. The number of benzene rings is 1. The molecule has 1 nitrogen and oxygen atoms in total. The van der Waals surface area contributed by atoms with Crippen molar-refractivity contribution in [3.05, 3.63) is 56.4 Å². The zero-order chi connectivity index (χ0) is 11.4. The summed E-state index contributed by atoms with van der Waals surface area (Å²) in [6.07, 6.45) is 0. The summed E-state index contributed by atoms with van der Waals surface area (Å²) in [6.45, 7) is 1.59. The van der Waals surface area contributed by atoms with Crippen molar-refractivity contribution in [2.75, 3.05) is 0 Å². The van der Waals surface area contributed by atoms with Crippen LogP contribution in [0.15, 0.2) is 39.5 Å². The Kier molecular flexibility index (Phi) is 4.09. The van der Waals surface area contributed by atoms with Gasteiger partial charge in [-0.3, -0.25) is 0 Å². The Balaban J connectivity index is 1.82. The Morgan fingerprint density at radius 2 is 1.81 bits per heavy atom. The van der Waals surface area contributed by atoms with Crippen LogP contribution in [0.2, 0.25) is 0 Å². The predicted octanol–water partition coefficient (Wildman–Crippen LogP) is 3.94. The predicted molar refractivity (Wildman–Crippen MR) is 69.0 cm³/mol. The summed E-state index contributed by atoms with van der Waals surface area (Å²) < 4.78 is 13.8. The van der Waals surface area contributed by atoms with Crippen LogP contribution in [0, 0.1) is 5.82 Å². The summed E-state index contributed by atoms with van der Waals surface area (Å²) in [5.41, 5.74) is 2.36. The Bertz CT molecular complexity index is 452. The van der Waals surface area contributed by atoms with Gasteiger partial charge in [-0.2, -0.15) is 0 Å². The maximum absolute atomic E-state index is 12.7. The van der Waals surface area contributed by atoms with Crippen molar-refractivity contribution >= 4 is 27.3 Å². The van der Waals surface area contributed by atoms with Crippen LogP contribution < -0.4 is 5.32 Å². The third-order valence-corrected chi connectivity index (χ3v) is 3.75. The highest BCUT2D eigenvalue weighted by atomic mass is 79.9. The Morgan fingerprint density at radius 3 is 2.44 bits per heavy atom. The van der Waals surface area contributed by atoms with E-state index in [-0.39, 0.29) is 5.82 Å². The molecule has 1 aromatic heterocycles. The van der Waals surface area contributed by atoms with E-state index >= 15 is 0 Å². The van der Waals surface area contributed by atoms with Crippen LogP contribution in [0.5, 0.6) is 0 Å². The van der Waals surface area contributed by atoms with Gasteiger partial charge in [0.15, 0.2) is 0 Å². The smallest absolute Gasteiger partial charge is 0.123 e. The zero-order valence-electron chi connectivity index (χ0n) is 8.54. The molecule has 0 amide bonds. The molecule has 0 fully saturated rings. The second-order valence-electron chi connectivity index (χ2n) is 3.49. The lowest BCUT2D eigenvalue weighted by Crippen LogP contribution is -2.11. The molecule has 0 aliphatic rings.